The average Bonchev–Trinajstić information content (AvgIpc) is 2.41. The summed E-state index contributed by atoms with van der Waals surface area (Å²) in [6.45, 7) is 9.32. The van der Waals surface area contributed by atoms with Crippen molar-refractivity contribution >= 4 is 5.97 Å². The number of piperidine rings is 1. The summed E-state index contributed by atoms with van der Waals surface area (Å²) in [5.74, 6) is -1.74. The molecule has 1 fully saturated rings. The lowest BCUT2D eigenvalue weighted by Gasteiger charge is -2.55. The number of carbonyl (C=O) groups is 1. The molecule has 1 rings (SSSR count). The van der Waals surface area contributed by atoms with E-state index in [9.17, 15) is 25.0 Å². The van der Waals surface area contributed by atoms with E-state index >= 15 is 0 Å². The molecule has 11 heteroatoms. The minimum Gasteiger partial charge on any atom is -0.367 e. The summed E-state index contributed by atoms with van der Waals surface area (Å²) in [5, 5.41) is 20.9. The lowest BCUT2D eigenvalue weighted by atomic mass is 9.69. The van der Waals surface area contributed by atoms with Crippen LogP contribution in [0, 0.1) is 32.1 Å². The standard InChI is InChI=1S/C13H23N3O8/c1-8(2)11(17)23-14-7-10(22-15(18)19)9(3)13(6,12(14,4)5)24-16(20)21/h8-10H,7H2,1-6H3. The summed E-state index contributed by atoms with van der Waals surface area (Å²) in [7, 11) is 0. The Morgan fingerprint density at radius 3 is 2.17 bits per heavy atom. The molecule has 0 aromatic carbocycles. The minimum atomic E-state index is -1.52. The first-order valence-electron chi connectivity index (χ1n) is 7.47. The molecule has 0 radical (unpaired) electrons. The van der Waals surface area contributed by atoms with Crippen LogP contribution in [0.5, 0.6) is 0 Å². The predicted molar refractivity (Wildman–Crippen MR) is 79.2 cm³/mol. The first-order valence-corrected chi connectivity index (χ1v) is 7.47. The molecular weight excluding hydrogens is 326 g/mol. The highest BCUT2D eigenvalue weighted by molar-refractivity contribution is 5.71. The van der Waals surface area contributed by atoms with Gasteiger partial charge >= 0.3 is 5.97 Å². The molecule has 1 heterocycles. The molecule has 0 aromatic heterocycles. The van der Waals surface area contributed by atoms with Gasteiger partial charge in [-0.3, -0.25) is 4.79 Å². The second-order valence-corrected chi connectivity index (χ2v) is 6.76. The third-order valence-corrected chi connectivity index (χ3v) is 4.77. The van der Waals surface area contributed by atoms with Gasteiger partial charge in [-0.1, -0.05) is 20.8 Å². The van der Waals surface area contributed by atoms with Crippen molar-refractivity contribution in [3.63, 3.8) is 0 Å². The smallest absolute Gasteiger partial charge is 0.327 e. The molecule has 0 aliphatic carbocycles. The van der Waals surface area contributed by atoms with Crippen molar-refractivity contribution in [3.05, 3.63) is 20.2 Å². The van der Waals surface area contributed by atoms with Crippen LogP contribution in [0.3, 0.4) is 0 Å². The van der Waals surface area contributed by atoms with E-state index in [0.29, 0.717) is 0 Å². The molecule has 0 bridgehead atoms. The van der Waals surface area contributed by atoms with Crippen molar-refractivity contribution in [1.82, 2.24) is 5.06 Å². The summed E-state index contributed by atoms with van der Waals surface area (Å²) in [6.07, 6.45) is -1.07. The van der Waals surface area contributed by atoms with Gasteiger partial charge in [0.05, 0.1) is 18.0 Å². The first kappa shape index (κ1) is 19.9. The average molecular weight is 349 g/mol. The van der Waals surface area contributed by atoms with E-state index < -0.39 is 45.2 Å². The van der Waals surface area contributed by atoms with Crippen molar-refractivity contribution in [2.45, 2.75) is 58.8 Å². The Balaban J connectivity index is 3.25. The van der Waals surface area contributed by atoms with Gasteiger partial charge < -0.3 is 14.5 Å². The van der Waals surface area contributed by atoms with Gasteiger partial charge in [-0.2, -0.15) is 0 Å². The van der Waals surface area contributed by atoms with Gasteiger partial charge in [-0.25, -0.2) is 0 Å². The largest absolute Gasteiger partial charge is 0.367 e. The number of hydrogen-bond acceptors (Lipinski definition) is 9. The zero-order valence-electron chi connectivity index (χ0n) is 14.5. The van der Waals surface area contributed by atoms with Crippen LogP contribution in [0.15, 0.2) is 0 Å². The highest BCUT2D eigenvalue weighted by Gasteiger charge is 2.60. The Labute approximate surface area is 139 Å². The van der Waals surface area contributed by atoms with Crippen molar-refractivity contribution in [2.24, 2.45) is 11.8 Å². The lowest BCUT2D eigenvalue weighted by molar-refractivity contribution is -0.798. The van der Waals surface area contributed by atoms with Crippen LogP contribution in [0.4, 0.5) is 0 Å². The quantitative estimate of drug-likeness (QED) is 0.514. The fraction of sp³-hybridized carbons (Fsp3) is 0.923. The molecule has 0 spiro atoms. The van der Waals surface area contributed by atoms with E-state index in [2.05, 4.69) is 4.84 Å². The van der Waals surface area contributed by atoms with Crippen LogP contribution < -0.4 is 0 Å². The van der Waals surface area contributed by atoms with Crippen molar-refractivity contribution in [2.75, 3.05) is 6.54 Å². The van der Waals surface area contributed by atoms with Gasteiger partial charge in [0.15, 0.2) is 0 Å². The maximum absolute atomic E-state index is 11.9. The summed E-state index contributed by atoms with van der Waals surface area (Å²) in [6, 6.07) is 0. The molecule has 0 aromatic rings. The van der Waals surface area contributed by atoms with E-state index in [1.807, 2.05) is 0 Å². The van der Waals surface area contributed by atoms with Crippen molar-refractivity contribution in [1.29, 1.82) is 0 Å². The van der Waals surface area contributed by atoms with Gasteiger partial charge in [0.1, 0.15) is 11.7 Å². The molecule has 1 saturated heterocycles. The van der Waals surface area contributed by atoms with Crippen molar-refractivity contribution < 1.29 is 29.5 Å². The molecule has 0 saturated carbocycles. The molecule has 0 amide bonds. The summed E-state index contributed by atoms with van der Waals surface area (Å²) < 4.78 is 0. The van der Waals surface area contributed by atoms with Crippen LogP contribution in [0.1, 0.15) is 41.5 Å². The molecule has 3 unspecified atom stereocenters. The van der Waals surface area contributed by atoms with Gasteiger partial charge in [0.2, 0.25) is 0 Å². The molecule has 24 heavy (non-hydrogen) atoms. The lowest BCUT2D eigenvalue weighted by Crippen LogP contribution is -2.72. The van der Waals surface area contributed by atoms with Crippen LogP contribution in [-0.4, -0.2) is 45.0 Å². The third kappa shape index (κ3) is 3.66. The number of nitrogens with zero attached hydrogens (tertiary/aromatic N) is 3. The Kier molecular flexibility index (Phi) is 5.59. The van der Waals surface area contributed by atoms with Gasteiger partial charge in [-0.05, 0) is 20.8 Å². The molecular formula is C13H23N3O8. The number of hydrogen-bond donors (Lipinski definition) is 0. The highest BCUT2D eigenvalue weighted by Crippen LogP contribution is 2.44. The van der Waals surface area contributed by atoms with Gasteiger partial charge in [0, 0.05) is 5.92 Å². The van der Waals surface area contributed by atoms with Crippen LogP contribution >= 0.6 is 0 Å². The number of rotatable bonds is 6. The highest BCUT2D eigenvalue weighted by atomic mass is 17.0. The molecule has 11 nitrogen and oxygen atoms in total. The van der Waals surface area contributed by atoms with Crippen LogP contribution in [-0.2, 0) is 19.3 Å². The predicted octanol–water partition coefficient (Wildman–Crippen LogP) is 1.37. The molecule has 1 aliphatic rings. The van der Waals surface area contributed by atoms with E-state index in [0.717, 1.165) is 5.06 Å². The molecule has 3 atom stereocenters. The molecule has 138 valence electrons. The Bertz CT molecular complexity index is 523. The Morgan fingerprint density at radius 2 is 1.75 bits per heavy atom. The SMILES string of the molecule is CC(C)C(=O)ON1CC(O[N+](=O)[O-])C(C)C(C)(O[N+](=O)[O-])C1(C)C. The summed E-state index contributed by atoms with van der Waals surface area (Å²) >= 11 is 0. The van der Waals surface area contributed by atoms with Gasteiger partial charge in [0.25, 0.3) is 10.2 Å². The maximum atomic E-state index is 11.9. The second-order valence-electron chi connectivity index (χ2n) is 6.76. The zero-order chi connectivity index (χ0) is 18.9. The Hall–Kier alpha value is -2.17. The van der Waals surface area contributed by atoms with Crippen LogP contribution in [0.2, 0.25) is 0 Å². The van der Waals surface area contributed by atoms with Crippen LogP contribution in [0.25, 0.3) is 0 Å². The van der Waals surface area contributed by atoms with E-state index in [1.165, 1.54) is 6.92 Å². The van der Waals surface area contributed by atoms with E-state index in [4.69, 9.17) is 9.68 Å². The summed E-state index contributed by atoms with van der Waals surface area (Å²) in [5.41, 5.74) is -2.66. The van der Waals surface area contributed by atoms with E-state index in [-0.39, 0.29) is 6.54 Å². The van der Waals surface area contributed by atoms with Gasteiger partial charge in [-0.15, -0.1) is 25.3 Å². The Morgan fingerprint density at radius 1 is 1.21 bits per heavy atom. The number of hydroxylamine groups is 2. The monoisotopic (exact) mass is 349 g/mol. The fourth-order valence-electron chi connectivity index (χ4n) is 2.66. The maximum Gasteiger partial charge on any atom is 0.327 e. The fourth-order valence-corrected chi connectivity index (χ4v) is 2.66. The van der Waals surface area contributed by atoms with Crippen molar-refractivity contribution in [3.8, 4) is 0 Å². The normalized spacial score (nSPS) is 29.8. The molecule has 1 aliphatic heterocycles. The second kappa shape index (κ2) is 6.75. The number of carbonyl (C=O) groups excluding carboxylic acids is 1. The minimum absolute atomic E-state index is 0.121. The third-order valence-electron chi connectivity index (χ3n) is 4.77. The topological polar surface area (TPSA) is 134 Å². The first-order chi connectivity index (χ1) is 10.8. The summed E-state index contributed by atoms with van der Waals surface area (Å²) in [4.78, 5) is 48.4. The zero-order valence-corrected chi connectivity index (χ0v) is 14.5. The van der Waals surface area contributed by atoms with E-state index in [1.54, 1.807) is 34.6 Å². The molecule has 0 N–H and O–H groups in total.